The summed E-state index contributed by atoms with van der Waals surface area (Å²) in [6.45, 7) is 8.23. The van der Waals surface area contributed by atoms with E-state index in [1.54, 1.807) is 18.2 Å². The molecular formula is C54H90NO10P. The Bertz CT molecular complexity index is 1650. The summed E-state index contributed by atoms with van der Waals surface area (Å²) in [5.41, 5.74) is 2.68. The standard InChI is InChI=1S/C54H90NO10P/c1-8-10-12-13-14-15-16-17-18-21-24-27-32-37-49(56)38-33-30-36-42-54(58)64-50(46-63-66(59,60)62-44-43-55(5,6)7)45-61-53(57)41-35-29-26-23-20-19-22-25-28-34-40-52-48(4)47(3)51(65-52)39-31-11-9-2/h10,12,14-15,17-18,24,27,30,32-33,37,49-50,56H,8-9,11,13,16,19-23,25-26,28-29,31,34-36,38-46H2,1-7H3/b12-10-,15-14-,18-17-,27-24-,33-30-,37-32-/t49?,50-/m1/s1. The van der Waals surface area contributed by atoms with Gasteiger partial charge in [-0.2, -0.15) is 0 Å². The van der Waals surface area contributed by atoms with Crippen LogP contribution in [0.1, 0.15) is 171 Å². The number of phosphoric acid groups is 1. The molecular weight excluding hydrogens is 854 g/mol. The highest BCUT2D eigenvalue weighted by Gasteiger charge is 2.22. The predicted molar refractivity (Wildman–Crippen MR) is 268 cm³/mol. The second kappa shape index (κ2) is 38.6. The Balaban J connectivity index is 2.38. The molecule has 2 unspecified atom stereocenters. The summed E-state index contributed by atoms with van der Waals surface area (Å²) in [4.78, 5) is 37.8. The third kappa shape index (κ3) is 34.9. The van der Waals surface area contributed by atoms with Crippen LogP contribution in [0.15, 0.2) is 77.3 Å². The number of allylic oxidation sites excluding steroid dienone is 10. The zero-order valence-electron chi connectivity index (χ0n) is 42.2. The number of esters is 2. The van der Waals surface area contributed by atoms with E-state index < -0.39 is 38.6 Å². The molecule has 1 N–H and O–H groups in total. The van der Waals surface area contributed by atoms with E-state index in [1.807, 2.05) is 39.4 Å². The fourth-order valence-electron chi connectivity index (χ4n) is 6.83. The molecule has 66 heavy (non-hydrogen) atoms. The first kappa shape index (κ1) is 60.7. The van der Waals surface area contributed by atoms with Crippen molar-refractivity contribution in [1.82, 2.24) is 0 Å². The molecule has 0 aliphatic carbocycles. The smallest absolute Gasteiger partial charge is 0.306 e. The molecule has 0 fully saturated rings. The van der Waals surface area contributed by atoms with Crippen molar-refractivity contribution in [1.29, 1.82) is 0 Å². The molecule has 3 atom stereocenters. The molecule has 11 nitrogen and oxygen atoms in total. The van der Waals surface area contributed by atoms with Gasteiger partial charge in [-0.3, -0.25) is 14.2 Å². The van der Waals surface area contributed by atoms with Gasteiger partial charge in [-0.05, 0) is 82.8 Å². The van der Waals surface area contributed by atoms with Crippen LogP contribution < -0.4 is 4.89 Å². The molecule has 0 amide bonds. The maximum absolute atomic E-state index is 12.7. The van der Waals surface area contributed by atoms with Crippen LogP contribution in [0.3, 0.4) is 0 Å². The van der Waals surface area contributed by atoms with Gasteiger partial charge in [0.2, 0.25) is 0 Å². The Morgan fingerprint density at radius 3 is 1.83 bits per heavy atom. The highest BCUT2D eigenvalue weighted by molar-refractivity contribution is 7.45. The first-order valence-corrected chi connectivity index (χ1v) is 26.6. The van der Waals surface area contributed by atoms with Crippen molar-refractivity contribution in [3.05, 3.63) is 95.6 Å². The minimum absolute atomic E-state index is 0.00904. The second-order valence-electron chi connectivity index (χ2n) is 18.2. The molecule has 0 bridgehead atoms. The summed E-state index contributed by atoms with van der Waals surface area (Å²) >= 11 is 0. The van der Waals surface area contributed by atoms with E-state index in [0.29, 0.717) is 30.3 Å². The minimum Gasteiger partial charge on any atom is -0.756 e. The molecule has 1 aromatic heterocycles. The zero-order chi connectivity index (χ0) is 48.7. The number of ether oxygens (including phenoxy) is 2. The maximum atomic E-state index is 12.7. The molecule has 0 aromatic carbocycles. The van der Waals surface area contributed by atoms with Crippen LogP contribution in [0.2, 0.25) is 0 Å². The highest BCUT2D eigenvalue weighted by atomic mass is 31.2. The molecule has 1 rings (SSSR count). The summed E-state index contributed by atoms with van der Waals surface area (Å²) in [5, 5.41) is 10.3. The van der Waals surface area contributed by atoms with E-state index in [0.717, 1.165) is 64.2 Å². The first-order chi connectivity index (χ1) is 31.7. The first-order valence-electron chi connectivity index (χ1n) is 25.1. The number of hydrogen-bond donors (Lipinski definition) is 1. The van der Waals surface area contributed by atoms with Gasteiger partial charge in [0, 0.05) is 25.7 Å². The molecule has 1 heterocycles. The molecule has 0 saturated heterocycles. The summed E-state index contributed by atoms with van der Waals surface area (Å²) < 4.78 is 40.1. The van der Waals surface area contributed by atoms with Crippen molar-refractivity contribution in [2.24, 2.45) is 0 Å². The van der Waals surface area contributed by atoms with E-state index in [4.69, 9.17) is 22.9 Å². The number of carbonyl (C=O) groups excluding carboxylic acids is 2. The fourth-order valence-corrected chi connectivity index (χ4v) is 7.55. The molecule has 0 aliphatic heterocycles. The van der Waals surface area contributed by atoms with Crippen LogP contribution >= 0.6 is 7.82 Å². The molecule has 0 radical (unpaired) electrons. The summed E-state index contributed by atoms with van der Waals surface area (Å²) in [7, 11) is 1.03. The van der Waals surface area contributed by atoms with E-state index in [1.165, 1.54) is 74.0 Å². The van der Waals surface area contributed by atoms with Gasteiger partial charge in [0.15, 0.2) is 6.10 Å². The van der Waals surface area contributed by atoms with E-state index in [9.17, 15) is 24.2 Å². The van der Waals surface area contributed by atoms with Crippen molar-refractivity contribution >= 4 is 19.8 Å². The Hall–Kier alpha value is -3.31. The lowest BCUT2D eigenvalue weighted by atomic mass is 10.0. The lowest BCUT2D eigenvalue weighted by Gasteiger charge is -2.28. The normalized spacial score (nSPS) is 14.5. The number of nitrogens with zero attached hydrogens (tertiary/aromatic N) is 1. The summed E-state index contributed by atoms with van der Waals surface area (Å²) in [5.74, 6) is 1.32. The van der Waals surface area contributed by atoms with Crippen LogP contribution in [0, 0.1) is 13.8 Å². The molecule has 0 spiro atoms. The number of phosphoric ester groups is 1. The summed E-state index contributed by atoms with van der Waals surface area (Å²) in [6.07, 6.45) is 43.6. The number of rotatable bonds is 41. The predicted octanol–water partition coefficient (Wildman–Crippen LogP) is 12.6. The highest BCUT2D eigenvalue weighted by Crippen LogP contribution is 2.38. The SMILES string of the molecule is CC/C=C\C/C=C\C/C=C\C/C=C\C=C/C(O)C/C=C\CCC(=O)O[C@H](COC(=O)CCCCCCCCCCCCc1oc(CCCCC)c(C)c1C)COP(=O)([O-])OCC[N+](C)(C)C. The van der Waals surface area contributed by atoms with Crippen molar-refractivity contribution in [3.8, 4) is 0 Å². The minimum atomic E-state index is -4.69. The number of furan rings is 1. The van der Waals surface area contributed by atoms with Gasteiger partial charge in [-0.15, -0.1) is 0 Å². The monoisotopic (exact) mass is 944 g/mol. The molecule has 0 aliphatic rings. The third-order valence-corrected chi connectivity index (χ3v) is 12.0. The molecule has 12 heteroatoms. The summed E-state index contributed by atoms with van der Waals surface area (Å²) in [6, 6.07) is 0. The van der Waals surface area contributed by atoms with E-state index >= 15 is 0 Å². The Morgan fingerprint density at radius 1 is 0.682 bits per heavy atom. The van der Waals surface area contributed by atoms with Crippen molar-refractivity contribution in [3.63, 3.8) is 0 Å². The lowest BCUT2D eigenvalue weighted by Crippen LogP contribution is -2.37. The van der Waals surface area contributed by atoms with Crippen LogP contribution in [0.5, 0.6) is 0 Å². The number of aliphatic hydroxyl groups is 1. The van der Waals surface area contributed by atoms with Gasteiger partial charge in [0.25, 0.3) is 7.82 Å². The quantitative estimate of drug-likeness (QED) is 0.0168. The Morgan fingerprint density at radius 2 is 1.24 bits per heavy atom. The fraction of sp³-hybridized carbons (Fsp3) is 0.667. The largest absolute Gasteiger partial charge is 0.756 e. The number of carbonyl (C=O) groups is 2. The Labute approximate surface area is 400 Å². The average Bonchev–Trinajstić information content (AvgIpc) is 3.53. The van der Waals surface area contributed by atoms with Gasteiger partial charge in [-0.1, -0.05) is 151 Å². The number of aryl methyl sites for hydroxylation is 2. The van der Waals surface area contributed by atoms with E-state index in [2.05, 4.69) is 64.2 Å². The molecule has 376 valence electrons. The molecule has 1 aromatic rings. The second-order valence-corrected chi connectivity index (χ2v) is 19.6. The van der Waals surface area contributed by atoms with E-state index in [-0.39, 0.29) is 26.1 Å². The maximum Gasteiger partial charge on any atom is 0.306 e. The van der Waals surface area contributed by atoms with Crippen LogP contribution in [0.4, 0.5) is 0 Å². The van der Waals surface area contributed by atoms with Gasteiger partial charge in [-0.25, -0.2) is 0 Å². The van der Waals surface area contributed by atoms with Crippen molar-refractivity contribution in [2.45, 2.75) is 188 Å². The van der Waals surface area contributed by atoms with Gasteiger partial charge in [0.1, 0.15) is 31.3 Å². The third-order valence-electron chi connectivity index (χ3n) is 11.0. The number of hydrogen-bond acceptors (Lipinski definition) is 10. The van der Waals surface area contributed by atoms with Gasteiger partial charge < -0.3 is 37.4 Å². The topological polar surface area (TPSA) is 145 Å². The number of quaternary nitrogens is 1. The van der Waals surface area contributed by atoms with Crippen molar-refractivity contribution in [2.75, 3.05) is 47.5 Å². The van der Waals surface area contributed by atoms with Crippen LogP contribution in [-0.2, 0) is 45.5 Å². The zero-order valence-corrected chi connectivity index (χ0v) is 43.1. The van der Waals surface area contributed by atoms with Gasteiger partial charge >= 0.3 is 11.9 Å². The lowest BCUT2D eigenvalue weighted by molar-refractivity contribution is -0.870. The van der Waals surface area contributed by atoms with Crippen LogP contribution in [0.25, 0.3) is 0 Å². The number of likely N-dealkylation sites (N-methyl/N-ethyl adjacent to an activating group) is 1. The Kier molecular flexibility index (Phi) is 35.5. The van der Waals surface area contributed by atoms with Crippen molar-refractivity contribution < 1.29 is 51.6 Å². The van der Waals surface area contributed by atoms with Crippen LogP contribution in [-0.4, -0.2) is 81.2 Å². The number of unbranched alkanes of at least 4 members (excludes halogenated alkanes) is 11. The average molecular weight is 944 g/mol. The number of aliphatic hydroxyl groups excluding tert-OH is 1. The van der Waals surface area contributed by atoms with Gasteiger partial charge in [0.05, 0.1) is 33.9 Å². The molecule has 0 saturated carbocycles.